The molecule has 28 heavy (non-hydrogen) atoms. The van der Waals surface area contributed by atoms with E-state index in [4.69, 9.17) is 0 Å². The number of nitrogens with zero attached hydrogens (tertiary/aromatic N) is 3. The minimum absolute atomic E-state index is 0. The van der Waals surface area contributed by atoms with Crippen LogP contribution in [-0.4, -0.2) is 33.5 Å². The molecule has 0 fully saturated rings. The number of rotatable bonds is 3. The molecule has 2 aromatic carbocycles. The Kier molecular flexibility index (Phi) is 5.86. The lowest BCUT2D eigenvalue weighted by Gasteiger charge is -2.29. The Morgan fingerprint density at radius 3 is 2.39 bits per heavy atom. The van der Waals surface area contributed by atoms with Crippen molar-refractivity contribution >= 4 is 17.2 Å². The van der Waals surface area contributed by atoms with Gasteiger partial charge in [0, 0.05) is 24.1 Å². The van der Waals surface area contributed by atoms with Gasteiger partial charge in [-0.25, -0.2) is 0 Å². The lowest BCUT2D eigenvalue weighted by molar-refractivity contribution is -0.534. The number of nitro groups is 1. The van der Waals surface area contributed by atoms with E-state index >= 15 is 0 Å². The number of halogens is 1. The molecule has 148 valence electrons. The van der Waals surface area contributed by atoms with E-state index in [0.29, 0.717) is 12.1 Å². The number of benzene rings is 2. The summed E-state index contributed by atoms with van der Waals surface area (Å²) in [5, 5.41) is 22.8. The number of amidine groups is 1. The smallest absolute Gasteiger partial charge is 0.275 e. The summed E-state index contributed by atoms with van der Waals surface area (Å²) in [4.78, 5) is 12.6. The van der Waals surface area contributed by atoms with Crippen molar-refractivity contribution in [1.82, 2.24) is 0 Å². The molecule has 0 aliphatic carbocycles. The number of aryl methyl sites for hydroxylation is 1. The minimum Gasteiger partial charge on any atom is -1.00 e. The van der Waals surface area contributed by atoms with E-state index in [2.05, 4.69) is 4.58 Å². The highest BCUT2D eigenvalue weighted by molar-refractivity contribution is 5.97. The van der Waals surface area contributed by atoms with Gasteiger partial charge in [-0.05, 0) is 50.5 Å². The van der Waals surface area contributed by atoms with Crippen molar-refractivity contribution in [2.24, 2.45) is 0 Å². The van der Waals surface area contributed by atoms with Gasteiger partial charge in [0.15, 0.2) is 6.54 Å². The Bertz CT molecular complexity index is 896. The topological polar surface area (TPSA) is 69.6 Å². The van der Waals surface area contributed by atoms with Crippen molar-refractivity contribution in [2.75, 3.05) is 18.0 Å². The number of aliphatic hydroxyl groups is 1. The predicted molar refractivity (Wildman–Crippen MR) is 104 cm³/mol. The molecule has 1 atom stereocenters. The molecule has 7 heteroatoms. The quantitative estimate of drug-likeness (QED) is 0.425. The summed E-state index contributed by atoms with van der Waals surface area (Å²) in [5.74, 6) is 1.14. The maximum atomic E-state index is 11.8. The molecule has 0 radical (unpaired) electrons. The largest absolute Gasteiger partial charge is 1.00 e. The van der Waals surface area contributed by atoms with Gasteiger partial charge >= 0.3 is 0 Å². The van der Waals surface area contributed by atoms with Crippen LogP contribution >= 0.6 is 0 Å². The fourth-order valence-corrected chi connectivity index (χ4v) is 4.15. The first kappa shape index (κ1) is 20.5. The molecule has 0 bridgehead atoms. The van der Waals surface area contributed by atoms with Crippen molar-refractivity contribution in [3.05, 3.63) is 69.8 Å². The zero-order chi connectivity index (χ0) is 19.0. The lowest BCUT2D eigenvalue weighted by atomic mass is 9.99. The van der Waals surface area contributed by atoms with Crippen LogP contribution in [0.3, 0.4) is 0 Å². The van der Waals surface area contributed by atoms with Gasteiger partial charge in [-0.1, -0.05) is 17.7 Å². The SMILES string of the molecule is Cc1ccc(N2C3=[N+](CCCCC3)CC2(O)c2ccc([N+](=O)[O-])cc2)cc1.[Br-]. The Hall–Kier alpha value is -2.25. The zero-order valence-electron chi connectivity index (χ0n) is 15.8. The monoisotopic (exact) mass is 445 g/mol. The average molecular weight is 446 g/mol. The van der Waals surface area contributed by atoms with E-state index in [1.54, 1.807) is 12.1 Å². The van der Waals surface area contributed by atoms with Crippen molar-refractivity contribution in [1.29, 1.82) is 0 Å². The van der Waals surface area contributed by atoms with Crippen LogP contribution in [0.15, 0.2) is 48.5 Å². The molecule has 0 spiro atoms. The fourth-order valence-electron chi connectivity index (χ4n) is 4.15. The maximum absolute atomic E-state index is 11.8. The molecular weight excluding hydrogens is 422 g/mol. The second-order valence-corrected chi connectivity index (χ2v) is 7.44. The van der Waals surface area contributed by atoms with Gasteiger partial charge in [-0.3, -0.25) is 14.7 Å². The van der Waals surface area contributed by atoms with E-state index in [-0.39, 0.29) is 22.7 Å². The summed E-state index contributed by atoms with van der Waals surface area (Å²) >= 11 is 0. The molecule has 2 aromatic rings. The van der Waals surface area contributed by atoms with E-state index < -0.39 is 10.6 Å². The molecule has 0 saturated heterocycles. The summed E-state index contributed by atoms with van der Waals surface area (Å²) in [6.07, 6.45) is 4.33. The van der Waals surface area contributed by atoms with Crippen molar-refractivity contribution < 1.29 is 31.6 Å². The first-order chi connectivity index (χ1) is 13.0. The molecule has 1 N–H and O–H groups in total. The van der Waals surface area contributed by atoms with Crippen LogP contribution in [0.1, 0.15) is 36.8 Å². The van der Waals surface area contributed by atoms with Crippen LogP contribution in [0.2, 0.25) is 0 Å². The van der Waals surface area contributed by atoms with E-state index in [1.807, 2.05) is 36.1 Å². The highest BCUT2D eigenvalue weighted by Gasteiger charge is 2.54. The number of anilines is 1. The van der Waals surface area contributed by atoms with E-state index in [0.717, 1.165) is 37.3 Å². The molecule has 0 aromatic heterocycles. The molecule has 0 amide bonds. The predicted octanol–water partition coefficient (Wildman–Crippen LogP) is 0.558. The minimum atomic E-state index is -1.24. The molecule has 1 unspecified atom stereocenters. The Morgan fingerprint density at radius 2 is 1.75 bits per heavy atom. The fraction of sp³-hybridized carbons (Fsp3) is 0.381. The Balaban J connectivity index is 0.00000225. The molecule has 6 nitrogen and oxygen atoms in total. The first-order valence-corrected chi connectivity index (χ1v) is 9.44. The molecule has 0 saturated carbocycles. The molecule has 2 aliphatic heterocycles. The van der Waals surface area contributed by atoms with Crippen LogP contribution < -0.4 is 21.9 Å². The third-order valence-corrected chi connectivity index (χ3v) is 5.57. The molecule has 4 rings (SSSR count). The summed E-state index contributed by atoms with van der Waals surface area (Å²) in [6, 6.07) is 14.4. The zero-order valence-corrected chi connectivity index (χ0v) is 17.4. The second kappa shape index (κ2) is 8.01. The van der Waals surface area contributed by atoms with Gasteiger partial charge in [0.2, 0.25) is 0 Å². The van der Waals surface area contributed by atoms with Crippen LogP contribution in [0, 0.1) is 17.0 Å². The van der Waals surface area contributed by atoms with Crippen molar-refractivity contribution in [3.8, 4) is 0 Å². The van der Waals surface area contributed by atoms with Gasteiger partial charge in [0.1, 0.15) is 5.69 Å². The number of hydrogen-bond donors (Lipinski definition) is 1. The first-order valence-electron chi connectivity index (χ1n) is 9.44. The summed E-state index contributed by atoms with van der Waals surface area (Å²) in [5.41, 5.74) is 1.58. The number of non-ortho nitro benzene ring substituents is 1. The van der Waals surface area contributed by atoms with Gasteiger partial charge in [0.05, 0.1) is 11.5 Å². The molecule has 2 aliphatic rings. The summed E-state index contributed by atoms with van der Waals surface area (Å²) in [7, 11) is 0. The summed E-state index contributed by atoms with van der Waals surface area (Å²) < 4.78 is 2.27. The second-order valence-electron chi connectivity index (χ2n) is 7.44. The van der Waals surface area contributed by atoms with Gasteiger partial charge in [-0.15, -0.1) is 0 Å². The summed E-state index contributed by atoms with van der Waals surface area (Å²) in [6.45, 7) is 3.43. The van der Waals surface area contributed by atoms with Crippen molar-refractivity contribution in [2.45, 2.75) is 38.3 Å². The molecule has 2 heterocycles. The number of nitro benzene ring substituents is 1. The third kappa shape index (κ3) is 3.56. The maximum Gasteiger partial charge on any atom is 0.275 e. The Morgan fingerprint density at radius 1 is 1.07 bits per heavy atom. The van der Waals surface area contributed by atoms with Crippen LogP contribution in [-0.2, 0) is 5.72 Å². The highest BCUT2D eigenvalue weighted by atomic mass is 79.9. The normalized spacial score (nSPS) is 21.7. The van der Waals surface area contributed by atoms with Crippen LogP contribution in [0.25, 0.3) is 0 Å². The number of hydrogen-bond acceptors (Lipinski definition) is 4. The van der Waals surface area contributed by atoms with E-state index in [9.17, 15) is 15.2 Å². The van der Waals surface area contributed by atoms with Crippen LogP contribution in [0.4, 0.5) is 11.4 Å². The Labute approximate surface area is 175 Å². The standard InChI is InChI=1S/C21H24N3O3.BrH/c1-16-6-10-18(11-7-16)23-20-5-3-2-4-14-22(20)15-21(23,25)17-8-12-19(13-9-17)24(26)27;/h6-13,25H,2-5,14-15H2,1H3;1H/q+1;/p-1. The third-order valence-electron chi connectivity index (χ3n) is 5.57. The van der Waals surface area contributed by atoms with Gasteiger partial charge in [0.25, 0.3) is 17.2 Å². The van der Waals surface area contributed by atoms with E-state index in [1.165, 1.54) is 24.1 Å². The van der Waals surface area contributed by atoms with Gasteiger partial charge < -0.3 is 22.1 Å². The van der Waals surface area contributed by atoms with Gasteiger partial charge in [-0.2, -0.15) is 4.90 Å². The lowest BCUT2D eigenvalue weighted by Crippen LogP contribution is -3.00. The highest BCUT2D eigenvalue weighted by Crippen LogP contribution is 2.38. The average Bonchev–Trinajstić information content (AvgIpc) is 2.79. The molecular formula is C21H24BrN3O3. The van der Waals surface area contributed by atoms with Crippen LogP contribution in [0.5, 0.6) is 0 Å². The van der Waals surface area contributed by atoms with Crippen molar-refractivity contribution in [3.63, 3.8) is 0 Å².